The molecule has 6 heterocycles. The van der Waals surface area contributed by atoms with Crippen molar-refractivity contribution in [2.45, 2.75) is 52.0 Å². The van der Waals surface area contributed by atoms with Crippen LogP contribution in [0.1, 0.15) is 42.1 Å². The number of ether oxygens (including phenoxy) is 2. The van der Waals surface area contributed by atoms with E-state index in [1.165, 1.54) is 10.1 Å². The molecule has 35 heavy (non-hydrogen) atoms. The standard InChI is InChI=1S/C24H27N7O4/c1-14-8-20(29-35-14)23-27-26-22-18(24(2,3)32)9-21(28-31(22)23)34-11-16-5-4-15-10-30(17-12-33-13-17)7-6-19(15)25-16/h4-5,8-9,17,32H,6-7,10-13H2,1-3H3. The highest BCUT2D eigenvalue weighted by atomic mass is 16.5. The fraction of sp³-hybridized carbons (Fsp3) is 0.458. The minimum absolute atomic E-state index is 0.248. The average Bonchev–Trinajstić information content (AvgIpc) is 3.41. The quantitative estimate of drug-likeness (QED) is 0.441. The Balaban J connectivity index is 1.26. The maximum Gasteiger partial charge on any atom is 0.232 e. The van der Waals surface area contributed by atoms with Crippen molar-refractivity contribution in [3.8, 4) is 17.4 Å². The van der Waals surface area contributed by atoms with Crippen LogP contribution in [0.15, 0.2) is 28.8 Å². The van der Waals surface area contributed by atoms with Gasteiger partial charge < -0.3 is 19.1 Å². The number of fused-ring (bicyclic) bond motifs is 2. The second kappa shape index (κ2) is 8.36. The van der Waals surface area contributed by atoms with Crippen LogP contribution in [0.4, 0.5) is 0 Å². The second-order valence-corrected chi connectivity index (χ2v) is 9.65. The van der Waals surface area contributed by atoms with Crippen molar-refractivity contribution < 1.29 is 19.1 Å². The van der Waals surface area contributed by atoms with E-state index in [1.807, 2.05) is 6.07 Å². The van der Waals surface area contributed by atoms with Crippen LogP contribution in [0.3, 0.4) is 0 Å². The summed E-state index contributed by atoms with van der Waals surface area (Å²) in [5.41, 5.74) is 3.48. The van der Waals surface area contributed by atoms with Crippen LogP contribution in [0.5, 0.6) is 5.88 Å². The molecular weight excluding hydrogens is 450 g/mol. The molecule has 0 spiro atoms. The van der Waals surface area contributed by atoms with Crippen molar-refractivity contribution in [3.05, 3.63) is 52.5 Å². The molecule has 0 bridgehead atoms. The minimum atomic E-state index is -1.19. The highest BCUT2D eigenvalue weighted by molar-refractivity contribution is 5.59. The van der Waals surface area contributed by atoms with Gasteiger partial charge in [0.2, 0.25) is 11.7 Å². The van der Waals surface area contributed by atoms with Crippen LogP contribution >= 0.6 is 0 Å². The van der Waals surface area contributed by atoms with E-state index < -0.39 is 5.60 Å². The van der Waals surface area contributed by atoms with Crippen molar-refractivity contribution in [3.63, 3.8) is 0 Å². The van der Waals surface area contributed by atoms with Crippen LogP contribution in [-0.4, -0.2) is 65.8 Å². The van der Waals surface area contributed by atoms with Gasteiger partial charge in [0.1, 0.15) is 12.4 Å². The Bertz CT molecular complexity index is 1390. The van der Waals surface area contributed by atoms with E-state index in [-0.39, 0.29) is 6.61 Å². The summed E-state index contributed by atoms with van der Waals surface area (Å²) in [6.45, 7) is 8.96. The second-order valence-electron chi connectivity index (χ2n) is 9.65. The molecule has 1 N–H and O–H groups in total. The average molecular weight is 478 g/mol. The molecule has 11 heteroatoms. The zero-order chi connectivity index (χ0) is 24.2. The van der Waals surface area contributed by atoms with E-state index in [9.17, 15) is 5.11 Å². The first-order valence-corrected chi connectivity index (χ1v) is 11.7. The van der Waals surface area contributed by atoms with E-state index in [0.29, 0.717) is 40.4 Å². The van der Waals surface area contributed by atoms with Crippen molar-refractivity contribution in [1.29, 1.82) is 0 Å². The largest absolute Gasteiger partial charge is 0.470 e. The molecule has 4 aromatic heterocycles. The molecule has 1 fully saturated rings. The number of aliphatic hydroxyl groups is 1. The molecule has 0 atom stereocenters. The molecule has 182 valence electrons. The van der Waals surface area contributed by atoms with Crippen molar-refractivity contribution in [2.24, 2.45) is 0 Å². The fourth-order valence-corrected chi connectivity index (χ4v) is 4.47. The van der Waals surface area contributed by atoms with Gasteiger partial charge in [0.15, 0.2) is 11.3 Å². The molecule has 0 unspecified atom stereocenters. The first-order chi connectivity index (χ1) is 16.8. The summed E-state index contributed by atoms with van der Waals surface area (Å²) in [7, 11) is 0. The van der Waals surface area contributed by atoms with Gasteiger partial charge in [0, 0.05) is 42.9 Å². The van der Waals surface area contributed by atoms with Gasteiger partial charge in [-0.3, -0.25) is 9.88 Å². The summed E-state index contributed by atoms with van der Waals surface area (Å²) >= 11 is 0. The Morgan fingerprint density at radius 1 is 1.20 bits per heavy atom. The number of nitrogens with zero attached hydrogens (tertiary/aromatic N) is 7. The molecule has 2 aliphatic rings. The summed E-state index contributed by atoms with van der Waals surface area (Å²) in [6.07, 6.45) is 0.911. The summed E-state index contributed by atoms with van der Waals surface area (Å²) in [5.74, 6) is 1.38. The van der Waals surface area contributed by atoms with Gasteiger partial charge in [-0.15, -0.1) is 15.3 Å². The van der Waals surface area contributed by atoms with Crippen LogP contribution in [0, 0.1) is 6.92 Å². The molecule has 0 aromatic carbocycles. The lowest BCUT2D eigenvalue weighted by Crippen LogP contribution is -2.50. The molecule has 1 saturated heterocycles. The van der Waals surface area contributed by atoms with Gasteiger partial charge >= 0.3 is 0 Å². The van der Waals surface area contributed by atoms with Crippen molar-refractivity contribution in [2.75, 3.05) is 19.8 Å². The minimum Gasteiger partial charge on any atom is -0.470 e. The Morgan fingerprint density at radius 3 is 2.77 bits per heavy atom. The fourth-order valence-electron chi connectivity index (χ4n) is 4.47. The summed E-state index contributed by atoms with van der Waals surface area (Å²) < 4.78 is 18.1. The topological polar surface area (TPSA) is 124 Å². The first kappa shape index (κ1) is 22.1. The zero-order valence-electron chi connectivity index (χ0n) is 19.9. The Hall–Kier alpha value is -3.41. The number of hydrogen-bond donors (Lipinski definition) is 1. The maximum absolute atomic E-state index is 10.8. The highest BCUT2D eigenvalue weighted by Gasteiger charge is 2.29. The number of rotatable bonds is 6. The Labute approximate surface area is 201 Å². The van der Waals surface area contributed by atoms with Crippen molar-refractivity contribution >= 4 is 5.65 Å². The molecular formula is C24H27N7O4. The highest BCUT2D eigenvalue weighted by Crippen LogP contribution is 2.29. The van der Waals surface area contributed by atoms with Crippen LogP contribution in [0.25, 0.3) is 17.2 Å². The SMILES string of the molecule is Cc1cc(-c2nnc3c(C(C)(C)O)cc(OCc4ccc5c(n4)CCN(C4COC4)C5)nn23)no1. The number of aryl methyl sites for hydroxylation is 1. The summed E-state index contributed by atoms with van der Waals surface area (Å²) in [6, 6.07) is 8.11. The molecule has 2 aliphatic heterocycles. The predicted octanol–water partition coefficient (Wildman–Crippen LogP) is 2.05. The maximum atomic E-state index is 10.8. The third kappa shape index (κ3) is 4.15. The third-order valence-corrected chi connectivity index (χ3v) is 6.50. The lowest BCUT2D eigenvalue weighted by atomic mass is 10.0. The summed E-state index contributed by atoms with van der Waals surface area (Å²) in [4.78, 5) is 7.31. The van der Waals surface area contributed by atoms with Crippen LogP contribution in [-0.2, 0) is 29.9 Å². The molecule has 0 aliphatic carbocycles. The van der Waals surface area contributed by atoms with Gasteiger partial charge in [-0.25, -0.2) is 0 Å². The zero-order valence-corrected chi connectivity index (χ0v) is 19.9. The Morgan fingerprint density at radius 2 is 2.06 bits per heavy atom. The molecule has 11 nitrogen and oxygen atoms in total. The van der Waals surface area contributed by atoms with E-state index in [4.69, 9.17) is 19.0 Å². The van der Waals surface area contributed by atoms with Gasteiger partial charge in [0.05, 0.1) is 30.6 Å². The first-order valence-electron chi connectivity index (χ1n) is 11.7. The molecule has 0 saturated carbocycles. The van der Waals surface area contributed by atoms with Crippen LogP contribution < -0.4 is 4.74 Å². The molecule has 0 radical (unpaired) electrons. The number of aromatic nitrogens is 6. The molecule has 4 aromatic rings. The van der Waals surface area contributed by atoms with Crippen molar-refractivity contribution in [1.82, 2.24) is 34.9 Å². The third-order valence-electron chi connectivity index (χ3n) is 6.50. The lowest BCUT2D eigenvalue weighted by molar-refractivity contribution is -0.0696. The van der Waals surface area contributed by atoms with Crippen LogP contribution in [0.2, 0.25) is 0 Å². The van der Waals surface area contributed by atoms with E-state index in [2.05, 4.69) is 31.4 Å². The van der Waals surface area contributed by atoms with E-state index >= 15 is 0 Å². The summed E-state index contributed by atoms with van der Waals surface area (Å²) in [5, 5.41) is 27.8. The van der Waals surface area contributed by atoms with E-state index in [0.717, 1.165) is 44.1 Å². The van der Waals surface area contributed by atoms with Gasteiger partial charge in [-0.05, 0) is 32.4 Å². The Kier molecular flexibility index (Phi) is 5.28. The van der Waals surface area contributed by atoms with E-state index in [1.54, 1.807) is 32.9 Å². The molecule has 6 rings (SSSR count). The normalized spacial score (nSPS) is 16.9. The monoisotopic (exact) mass is 477 g/mol. The van der Waals surface area contributed by atoms with Gasteiger partial charge in [0.25, 0.3) is 0 Å². The smallest absolute Gasteiger partial charge is 0.232 e. The van der Waals surface area contributed by atoms with Gasteiger partial charge in [-0.1, -0.05) is 11.2 Å². The predicted molar refractivity (Wildman–Crippen MR) is 124 cm³/mol. The molecule has 0 amide bonds. The number of hydrogen-bond acceptors (Lipinski definition) is 10. The number of pyridine rings is 1. The van der Waals surface area contributed by atoms with Gasteiger partial charge in [-0.2, -0.15) is 4.52 Å². The lowest BCUT2D eigenvalue weighted by Gasteiger charge is -2.39.